The highest BCUT2D eigenvalue weighted by Gasteiger charge is 2.28. The molecule has 0 aromatic carbocycles. The minimum atomic E-state index is 0.168. The third-order valence-electron chi connectivity index (χ3n) is 4.66. The van der Waals surface area contributed by atoms with E-state index in [2.05, 4.69) is 28.5 Å². The molecule has 2 saturated heterocycles. The number of likely N-dealkylation sites (tertiary alicyclic amines) is 1. The van der Waals surface area contributed by atoms with E-state index in [1.807, 2.05) is 0 Å². The Morgan fingerprint density at radius 2 is 1.33 bits per heavy atom. The second-order valence-electron chi connectivity index (χ2n) is 6.39. The lowest BCUT2D eigenvalue weighted by Gasteiger charge is -2.43. The number of piperazine rings is 1. The van der Waals surface area contributed by atoms with E-state index < -0.39 is 0 Å². The first kappa shape index (κ1) is 14.3. The van der Waals surface area contributed by atoms with Crippen molar-refractivity contribution in [2.75, 3.05) is 58.9 Å². The highest BCUT2D eigenvalue weighted by atomic mass is 15.3. The van der Waals surface area contributed by atoms with Crippen molar-refractivity contribution in [3.63, 3.8) is 0 Å². The molecule has 0 saturated carbocycles. The summed E-state index contributed by atoms with van der Waals surface area (Å²) in [7, 11) is 0. The summed E-state index contributed by atoms with van der Waals surface area (Å²) in [6, 6.07) is 0. The number of nitrogens with two attached hydrogens (primary N) is 1. The Bertz CT molecular complexity index is 240. The molecule has 0 bridgehead atoms. The van der Waals surface area contributed by atoms with Gasteiger partial charge in [0.15, 0.2) is 0 Å². The van der Waals surface area contributed by atoms with Gasteiger partial charge in [-0.05, 0) is 39.8 Å². The van der Waals surface area contributed by atoms with Crippen molar-refractivity contribution >= 4 is 0 Å². The molecule has 0 amide bonds. The Hall–Kier alpha value is -0.160. The highest BCUT2D eigenvalue weighted by molar-refractivity contribution is 4.86. The summed E-state index contributed by atoms with van der Waals surface area (Å²) < 4.78 is 0. The summed E-state index contributed by atoms with van der Waals surface area (Å²) in [6.07, 6.45) is 2.80. The van der Waals surface area contributed by atoms with Crippen LogP contribution in [0.5, 0.6) is 0 Å². The third-order valence-corrected chi connectivity index (χ3v) is 4.66. The zero-order valence-electron chi connectivity index (χ0n) is 12.2. The molecule has 2 N–H and O–H groups in total. The molecule has 2 heterocycles. The van der Waals surface area contributed by atoms with Crippen molar-refractivity contribution in [2.24, 2.45) is 5.73 Å². The molecular formula is C14H30N4. The largest absolute Gasteiger partial charge is 0.329 e. The van der Waals surface area contributed by atoms with Crippen LogP contribution in [-0.4, -0.2) is 79.1 Å². The Kier molecular flexibility index (Phi) is 5.01. The van der Waals surface area contributed by atoms with Crippen LogP contribution in [0.3, 0.4) is 0 Å². The minimum absolute atomic E-state index is 0.168. The van der Waals surface area contributed by atoms with Crippen LogP contribution in [0.25, 0.3) is 0 Å². The summed E-state index contributed by atoms with van der Waals surface area (Å²) in [6.45, 7) is 15.2. The SMILES string of the molecule is CC(C)(CN)N1CCN(CCN2CCCC2)CC1. The summed E-state index contributed by atoms with van der Waals surface area (Å²) in [5.74, 6) is 0. The minimum Gasteiger partial charge on any atom is -0.329 e. The lowest BCUT2D eigenvalue weighted by atomic mass is 10.0. The van der Waals surface area contributed by atoms with Crippen LogP contribution in [-0.2, 0) is 0 Å². The van der Waals surface area contributed by atoms with E-state index in [0.717, 1.165) is 6.54 Å². The van der Waals surface area contributed by atoms with Gasteiger partial charge in [0.05, 0.1) is 0 Å². The van der Waals surface area contributed by atoms with E-state index in [0.29, 0.717) is 0 Å². The van der Waals surface area contributed by atoms with E-state index >= 15 is 0 Å². The van der Waals surface area contributed by atoms with Gasteiger partial charge >= 0.3 is 0 Å². The van der Waals surface area contributed by atoms with Crippen LogP contribution >= 0.6 is 0 Å². The monoisotopic (exact) mass is 254 g/mol. The second kappa shape index (κ2) is 6.33. The molecular weight excluding hydrogens is 224 g/mol. The molecule has 0 aromatic rings. The van der Waals surface area contributed by atoms with Gasteiger partial charge in [0, 0.05) is 51.4 Å². The summed E-state index contributed by atoms with van der Waals surface area (Å²) >= 11 is 0. The molecule has 2 rings (SSSR count). The van der Waals surface area contributed by atoms with E-state index in [9.17, 15) is 0 Å². The summed E-state index contributed by atoms with van der Waals surface area (Å²) in [4.78, 5) is 7.76. The summed E-state index contributed by atoms with van der Waals surface area (Å²) in [5, 5.41) is 0. The number of rotatable bonds is 5. The Morgan fingerprint density at radius 3 is 1.83 bits per heavy atom. The summed E-state index contributed by atoms with van der Waals surface area (Å²) in [5.41, 5.74) is 6.02. The lowest BCUT2D eigenvalue weighted by Crippen LogP contribution is -2.57. The van der Waals surface area contributed by atoms with Crippen LogP contribution in [0.1, 0.15) is 26.7 Å². The van der Waals surface area contributed by atoms with Crippen molar-refractivity contribution < 1.29 is 0 Å². The Balaban J connectivity index is 1.66. The predicted molar refractivity (Wildman–Crippen MR) is 76.8 cm³/mol. The second-order valence-corrected chi connectivity index (χ2v) is 6.39. The van der Waals surface area contributed by atoms with Crippen LogP contribution in [0.15, 0.2) is 0 Å². The van der Waals surface area contributed by atoms with Gasteiger partial charge in [0.1, 0.15) is 0 Å². The molecule has 0 aliphatic carbocycles. The van der Waals surface area contributed by atoms with E-state index in [4.69, 9.17) is 5.73 Å². The predicted octanol–water partition coefficient (Wildman–Crippen LogP) is 0.437. The van der Waals surface area contributed by atoms with Crippen molar-refractivity contribution in [3.8, 4) is 0 Å². The Morgan fingerprint density at radius 1 is 0.833 bits per heavy atom. The van der Waals surface area contributed by atoms with Crippen molar-refractivity contribution in [2.45, 2.75) is 32.2 Å². The smallest absolute Gasteiger partial charge is 0.0276 e. The molecule has 0 radical (unpaired) electrons. The molecule has 2 fully saturated rings. The van der Waals surface area contributed by atoms with Crippen LogP contribution in [0.4, 0.5) is 0 Å². The molecule has 18 heavy (non-hydrogen) atoms. The first-order valence-electron chi connectivity index (χ1n) is 7.52. The van der Waals surface area contributed by atoms with Crippen molar-refractivity contribution in [1.82, 2.24) is 14.7 Å². The lowest BCUT2D eigenvalue weighted by molar-refractivity contribution is 0.0535. The van der Waals surface area contributed by atoms with Gasteiger partial charge in [-0.15, -0.1) is 0 Å². The van der Waals surface area contributed by atoms with E-state index in [-0.39, 0.29) is 5.54 Å². The average molecular weight is 254 g/mol. The molecule has 2 aliphatic rings. The maximum Gasteiger partial charge on any atom is 0.0276 e. The zero-order valence-corrected chi connectivity index (χ0v) is 12.2. The molecule has 2 aliphatic heterocycles. The number of hydrogen-bond donors (Lipinski definition) is 1. The van der Waals surface area contributed by atoms with Gasteiger partial charge in [-0.2, -0.15) is 0 Å². The first-order chi connectivity index (χ1) is 8.62. The fourth-order valence-corrected chi connectivity index (χ4v) is 2.99. The molecule has 106 valence electrons. The molecule has 4 nitrogen and oxygen atoms in total. The first-order valence-corrected chi connectivity index (χ1v) is 7.52. The fourth-order valence-electron chi connectivity index (χ4n) is 2.99. The van der Waals surface area contributed by atoms with E-state index in [1.165, 1.54) is 65.2 Å². The number of hydrogen-bond acceptors (Lipinski definition) is 4. The number of nitrogens with zero attached hydrogens (tertiary/aromatic N) is 3. The Labute approximate surface area is 112 Å². The molecule has 0 spiro atoms. The quantitative estimate of drug-likeness (QED) is 0.772. The molecule has 0 aromatic heterocycles. The van der Waals surface area contributed by atoms with Crippen LogP contribution in [0.2, 0.25) is 0 Å². The van der Waals surface area contributed by atoms with Crippen LogP contribution in [0, 0.1) is 0 Å². The van der Waals surface area contributed by atoms with Gasteiger partial charge in [-0.1, -0.05) is 0 Å². The topological polar surface area (TPSA) is 35.7 Å². The molecule has 0 atom stereocenters. The fraction of sp³-hybridized carbons (Fsp3) is 1.00. The normalized spacial score (nSPS) is 24.8. The van der Waals surface area contributed by atoms with Gasteiger partial charge in [0.25, 0.3) is 0 Å². The third kappa shape index (κ3) is 3.67. The maximum absolute atomic E-state index is 5.85. The average Bonchev–Trinajstić information content (AvgIpc) is 2.90. The van der Waals surface area contributed by atoms with Gasteiger partial charge in [0.2, 0.25) is 0 Å². The van der Waals surface area contributed by atoms with Gasteiger partial charge in [-0.3, -0.25) is 9.80 Å². The van der Waals surface area contributed by atoms with Crippen molar-refractivity contribution in [1.29, 1.82) is 0 Å². The zero-order chi connectivity index (χ0) is 13.0. The highest BCUT2D eigenvalue weighted by Crippen LogP contribution is 2.15. The van der Waals surface area contributed by atoms with Crippen molar-refractivity contribution in [3.05, 3.63) is 0 Å². The van der Waals surface area contributed by atoms with E-state index in [1.54, 1.807) is 0 Å². The van der Waals surface area contributed by atoms with Gasteiger partial charge in [-0.25, -0.2) is 0 Å². The standard InChI is InChI=1S/C14H30N4/c1-14(2,13-15)18-11-9-17(10-12-18)8-7-16-5-3-4-6-16/h3-13,15H2,1-2H3. The molecule has 0 unspecified atom stereocenters. The van der Waals surface area contributed by atoms with Gasteiger partial charge < -0.3 is 10.6 Å². The van der Waals surface area contributed by atoms with Crippen LogP contribution < -0.4 is 5.73 Å². The maximum atomic E-state index is 5.85. The molecule has 4 heteroatoms.